The molecule has 2 aromatic rings. The number of pyridine rings is 1. The van der Waals surface area contributed by atoms with Gasteiger partial charge in [-0.25, -0.2) is 0 Å². The smallest absolute Gasteiger partial charge is 0.185 e. The molecule has 0 saturated heterocycles. The number of anilines is 1. The van der Waals surface area contributed by atoms with E-state index in [1.54, 1.807) is 6.20 Å². The van der Waals surface area contributed by atoms with Gasteiger partial charge in [-0.05, 0) is 37.5 Å². The summed E-state index contributed by atoms with van der Waals surface area (Å²) in [5.41, 5.74) is 4.81. The van der Waals surface area contributed by atoms with Crippen LogP contribution in [0.1, 0.15) is 50.7 Å². The fourth-order valence-corrected chi connectivity index (χ4v) is 2.48. The molecule has 1 aromatic carbocycles. The molecular formula is C20H26N2O. The summed E-state index contributed by atoms with van der Waals surface area (Å²) in [6, 6.07) is 10.7. The van der Waals surface area contributed by atoms with E-state index in [0.29, 0.717) is 5.69 Å². The van der Waals surface area contributed by atoms with E-state index < -0.39 is 0 Å². The van der Waals surface area contributed by atoms with Crippen molar-refractivity contribution in [3.05, 3.63) is 47.8 Å². The number of nitrogens with one attached hydrogen (secondary N) is 1. The molecule has 3 nitrogen and oxygen atoms in total. The zero-order valence-corrected chi connectivity index (χ0v) is 14.7. The van der Waals surface area contributed by atoms with E-state index in [0.717, 1.165) is 23.2 Å². The molecule has 0 aliphatic heterocycles. The van der Waals surface area contributed by atoms with Crippen molar-refractivity contribution in [3.8, 4) is 11.1 Å². The predicted molar refractivity (Wildman–Crippen MR) is 97.0 cm³/mol. The maximum atomic E-state index is 12.4. The number of hydrogen-bond donors (Lipinski definition) is 1. The van der Waals surface area contributed by atoms with E-state index in [-0.39, 0.29) is 17.7 Å². The number of hydrogen-bond acceptors (Lipinski definition) is 3. The highest BCUT2D eigenvalue weighted by Crippen LogP contribution is 2.26. The number of aromatic nitrogens is 1. The fraction of sp³-hybridized carbons (Fsp3) is 0.400. The summed E-state index contributed by atoms with van der Waals surface area (Å²) in [5.74, 6) is 0.00601. The monoisotopic (exact) mass is 310 g/mol. The Morgan fingerprint density at radius 1 is 1.13 bits per heavy atom. The van der Waals surface area contributed by atoms with Crippen LogP contribution in [-0.2, 0) is 6.42 Å². The Labute approximate surface area is 139 Å². The fourth-order valence-electron chi connectivity index (χ4n) is 2.48. The second-order valence-electron chi connectivity index (χ2n) is 6.49. The zero-order chi connectivity index (χ0) is 17.0. The third-order valence-corrected chi connectivity index (χ3v) is 3.76. The van der Waals surface area contributed by atoms with Crippen LogP contribution in [0.25, 0.3) is 11.1 Å². The average molecular weight is 310 g/mol. The van der Waals surface area contributed by atoms with Gasteiger partial charge in [0.05, 0.1) is 5.69 Å². The van der Waals surface area contributed by atoms with E-state index >= 15 is 0 Å². The molecule has 23 heavy (non-hydrogen) atoms. The van der Waals surface area contributed by atoms with Crippen molar-refractivity contribution in [1.29, 1.82) is 0 Å². The first-order chi connectivity index (χ1) is 10.9. The van der Waals surface area contributed by atoms with Crippen molar-refractivity contribution in [1.82, 2.24) is 4.98 Å². The van der Waals surface area contributed by atoms with Crippen molar-refractivity contribution in [2.24, 2.45) is 5.92 Å². The van der Waals surface area contributed by atoms with Gasteiger partial charge >= 0.3 is 0 Å². The van der Waals surface area contributed by atoms with Crippen LogP contribution in [0.2, 0.25) is 0 Å². The first-order valence-corrected chi connectivity index (χ1v) is 8.32. The van der Waals surface area contributed by atoms with Gasteiger partial charge in [0.15, 0.2) is 5.78 Å². The molecule has 122 valence electrons. The highest BCUT2D eigenvalue weighted by atomic mass is 16.1. The van der Waals surface area contributed by atoms with Crippen LogP contribution in [0.4, 0.5) is 5.69 Å². The second kappa shape index (κ2) is 7.40. The number of aryl methyl sites for hydroxylation is 1. The molecule has 1 heterocycles. The lowest BCUT2D eigenvalue weighted by Crippen LogP contribution is -2.17. The number of Topliss-reactive ketones (excluding diaryl/α,β-unsaturated/α-hetero) is 1. The third-order valence-electron chi connectivity index (χ3n) is 3.76. The Hall–Kier alpha value is -2.16. The summed E-state index contributed by atoms with van der Waals surface area (Å²) in [6.45, 7) is 10.1. The summed E-state index contributed by atoms with van der Waals surface area (Å²) in [6.07, 6.45) is 2.80. The Morgan fingerprint density at radius 2 is 1.87 bits per heavy atom. The molecule has 3 heteroatoms. The molecular weight excluding hydrogens is 284 g/mol. The van der Waals surface area contributed by atoms with Gasteiger partial charge in [0.25, 0.3) is 0 Å². The van der Waals surface area contributed by atoms with Crippen LogP contribution >= 0.6 is 0 Å². The lowest BCUT2D eigenvalue weighted by molar-refractivity contribution is 0.0935. The van der Waals surface area contributed by atoms with Gasteiger partial charge in [0.2, 0.25) is 0 Å². The Bertz CT molecular complexity index is 690. The number of carbonyl (C=O) groups is 1. The van der Waals surface area contributed by atoms with Crippen molar-refractivity contribution in [2.75, 3.05) is 5.32 Å². The van der Waals surface area contributed by atoms with Crippen LogP contribution in [0, 0.1) is 5.92 Å². The van der Waals surface area contributed by atoms with Gasteiger partial charge in [-0.15, -0.1) is 0 Å². The maximum Gasteiger partial charge on any atom is 0.185 e. The zero-order valence-electron chi connectivity index (χ0n) is 14.7. The molecule has 0 aliphatic rings. The Kier molecular flexibility index (Phi) is 5.54. The molecule has 2 rings (SSSR count). The summed E-state index contributed by atoms with van der Waals surface area (Å²) in [7, 11) is 0. The SMILES string of the molecule is CCc1cccc(-c2cnc(C(=O)C(C)C)c(NC(C)C)c2)c1. The highest BCUT2D eigenvalue weighted by molar-refractivity contribution is 6.01. The van der Waals surface area contributed by atoms with Crippen molar-refractivity contribution in [3.63, 3.8) is 0 Å². The van der Waals surface area contributed by atoms with Gasteiger partial charge in [0.1, 0.15) is 5.69 Å². The lowest BCUT2D eigenvalue weighted by Gasteiger charge is -2.16. The Balaban J connectivity index is 2.48. The van der Waals surface area contributed by atoms with E-state index in [1.807, 2.05) is 19.9 Å². The molecule has 0 aliphatic carbocycles. The summed E-state index contributed by atoms with van der Waals surface area (Å²) < 4.78 is 0. The molecule has 0 unspecified atom stereocenters. The highest BCUT2D eigenvalue weighted by Gasteiger charge is 2.18. The van der Waals surface area contributed by atoms with Crippen LogP contribution < -0.4 is 5.32 Å². The molecule has 0 amide bonds. The second-order valence-corrected chi connectivity index (χ2v) is 6.49. The molecule has 0 saturated carbocycles. The molecule has 0 atom stereocenters. The van der Waals surface area contributed by atoms with E-state index in [2.05, 4.69) is 55.3 Å². The summed E-state index contributed by atoms with van der Waals surface area (Å²) >= 11 is 0. The largest absolute Gasteiger partial charge is 0.381 e. The Morgan fingerprint density at radius 3 is 2.48 bits per heavy atom. The molecule has 0 bridgehead atoms. The van der Waals surface area contributed by atoms with Gasteiger partial charge in [-0.1, -0.05) is 45.0 Å². The van der Waals surface area contributed by atoms with Crippen LogP contribution in [0.15, 0.2) is 36.5 Å². The number of rotatable bonds is 6. The summed E-state index contributed by atoms with van der Waals surface area (Å²) in [4.78, 5) is 16.9. The first kappa shape index (κ1) is 17.2. The van der Waals surface area contributed by atoms with Gasteiger partial charge < -0.3 is 5.32 Å². The van der Waals surface area contributed by atoms with Gasteiger partial charge in [-0.3, -0.25) is 9.78 Å². The summed E-state index contributed by atoms with van der Waals surface area (Å²) in [5, 5.41) is 3.36. The van der Waals surface area contributed by atoms with Crippen molar-refractivity contribution in [2.45, 2.75) is 47.1 Å². The van der Waals surface area contributed by atoms with Gasteiger partial charge in [-0.2, -0.15) is 0 Å². The normalized spacial score (nSPS) is 11.1. The minimum atomic E-state index is -0.0653. The number of ketones is 1. The average Bonchev–Trinajstić information content (AvgIpc) is 2.53. The molecule has 0 spiro atoms. The maximum absolute atomic E-state index is 12.4. The number of benzene rings is 1. The van der Waals surface area contributed by atoms with Crippen molar-refractivity contribution >= 4 is 11.5 Å². The number of nitrogens with zero attached hydrogens (tertiary/aromatic N) is 1. The lowest BCUT2D eigenvalue weighted by atomic mass is 10.00. The van der Waals surface area contributed by atoms with Crippen LogP contribution in [0.5, 0.6) is 0 Å². The molecule has 0 radical (unpaired) electrons. The van der Waals surface area contributed by atoms with E-state index in [9.17, 15) is 4.79 Å². The van der Waals surface area contributed by atoms with Crippen molar-refractivity contribution < 1.29 is 4.79 Å². The molecule has 1 N–H and O–H groups in total. The van der Waals surface area contributed by atoms with E-state index in [4.69, 9.17) is 0 Å². The van der Waals surface area contributed by atoms with E-state index in [1.165, 1.54) is 5.56 Å². The standard InChI is InChI=1S/C20H26N2O/c1-6-15-8-7-9-16(10-15)17-11-18(22-14(4)5)19(21-12-17)20(23)13(2)3/h7-14,22H,6H2,1-5H3. The number of carbonyl (C=O) groups excluding carboxylic acids is 1. The predicted octanol–water partition coefficient (Wildman–Crippen LogP) is 4.97. The first-order valence-electron chi connectivity index (χ1n) is 8.32. The third kappa shape index (κ3) is 4.19. The molecule has 1 aromatic heterocycles. The quantitative estimate of drug-likeness (QED) is 0.766. The van der Waals surface area contributed by atoms with Crippen LogP contribution in [-0.4, -0.2) is 16.8 Å². The topological polar surface area (TPSA) is 42.0 Å². The van der Waals surface area contributed by atoms with Crippen LogP contribution in [0.3, 0.4) is 0 Å². The minimum absolute atomic E-state index is 0.0653. The molecule has 0 fully saturated rings. The van der Waals surface area contributed by atoms with Gasteiger partial charge in [0, 0.05) is 23.7 Å². The minimum Gasteiger partial charge on any atom is -0.381 e.